The third-order valence-corrected chi connectivity index (χ3v) is 3.95. The number of ether oxygens (including phenoxy) is 2. The van der Waals surface area contributed by atoms with Gasteiger partial charge >= 0.3 is 0 Å². The highest BCUT2D eigenvalue weighted by molar-refractivity contribution is 7.80. The number of likely N-dealkylation sites (N-methyl/N-ethyl adjacent to an activating group) is 1. The Labute approximate surface area is 150 Å². The first-order valence-electron chi connectivity index (χ1n) is 7.75. The van der Waals surface area contributed by atoms with Gasteiger partial charge in [0.1, 0.15) is 11.5 Å². The Bertz CT molecular complexity index is 565. The van der Waals surface area contributed by atoms with Crippen LogP contribution in [0.15, 0.2) is 54.6 Å². The first kappa shape index (κ1) is 19.8. The average Bonchev–Trinajstić information content (AvgIpc) is 2.66. The number of methoxy groups -OCH3 is 2. The first-order chi connectivity index (χ1) is 11.6. The van der Waals surface area contributed by atoms with Gasteiger partial charge in [0.15, 0.2) is 5.11 Å². The van der Waals surface area contributed by atoms with Gasteiger partial charge in [-0.2, -0.15) is 0 Å². The number of nitrogens with one attached hydrogen (secondary N) is 1. The third-order valence-electron chi connectivity index (χ3n) is 3.43. The normalized spacial score (nSPS) is 9.33. The summed E-state index contributed by atoms with van der Waals surface area (Å²) in [7, 11) is 7.13. The van der Waals surface area contributed by atoms with E-state index >= 15 is 0 Å². The Hall–Kier alpha value is -2.27. The lowest BCUT2D eigenvalue weighted by molar-refractivity contribution is 0.403. The van der Waals surface area contributed by atoms with E-state index in [9.17, 15) is 0 Å². The summed E-state index contributed by atoms with van der Waals surface area (Å²) >= 11 is 5.11. The Morgan fingerprint density at radius 1 is 0.958 bits per heavy atom. The van der Waals surface area contributed by atoms with Gasteiger partial charge in [0.25, 0.3) is 0 Å². The van der Waals surface area contributed by atoms with Crippen molar-refractivity contribution < 1.29 is 9.47 Å². The van der Waals surface area contributed by atoms with Gasteiger partial charge in [-0.3, -0.25) is 0 Å². The largest absolute Gasteiger partial charge is 0.497 e. The summed E-state index contributed by atoms with van der Waals surface area (Å²) in [5.74, 6) is 1.70. The topological polar surface area (TPSA) is 33.7 Å². The summed E-state index contributed by atoms with van der Waals surface area (Å²) in [6.07, 6.45) is 1.03. The van der Waals surface area contributed by atoms with Crippen LogP contribution in [0.4, 0.5) is 0 Å². The van der Waals surface area contributed by atoms with Gasteiger partial charge in [0.2, 0.25) is 0 Å². The Kier molecular flexibility index (Phi) is 9.31. The van der Waals surface area contributed by atoms with Gasteiger partial charge in [-0.05, 0) is 48.5 Å². The molecule has 24 heavy (non-hydrogen) atoms. The van der Waals surface area contributed by atoms with Gasteiger partial charge in [0, 0.05) is 20.6 Å². The van der Waals surface area contributed by atoms with Crippen molar-refractivity contribution >= 4 is 17.3 Å². The molecule has 0 spiro atoms. The van der Waals surface area contributed by atoms with Crippen molar-refractivity contribution in [2.24, 2.45) is 0 Å². The molecule has 130 valence electrons. The van der Waals surface area contributed by atoms with E-state index in [1.807, 2.05) is 49.3 Å². The standard InChI is InChI=1S/C11H16N2S.C8H10O2/c1-12-11(14)13(2)9-8-10-6-4-3-5-7-10;1-9-7-3-5-8(10-2)6-4-7/h3-7H,8-9H2,1-2H3,(H,12,14);3-6H,1-2H3. The van der Waals surface area contributed by atoms with Gasteiger partial charge in [0.05, 0.1) is 14.2 Å². The second-order valence-corrected chi connectivity index (χ2v) is 5.48. The quantitative estimate of drug-likeness (QED) is 0.840. The lowest BCUT2D eigenvalue weighted by Gasteiger charge is -2.19. The second kappa shape index (κ2) is 11.3. The number of hydrogen-bond donors (Lipinski definition) is 1. The number of hydrogen-bond acceptors (Lipinski definition) is 3. The minimum Gasteiger partial charge on any atom is -0.497 e. The molecule has 0 radical (unpaired) electrons. The van der Waals surface area contributed by atoms with Crippen LogP contribution in [0, 0.1) is 0 Å². The SMILES string of the molecule is CNC(=S)N(C)CCc1ccccc1.COc1ccc(OC)cc1. The number of rotatable bonds is 5. The molecule has 0 saturated heterocycles. The molecule has 2 aromatic rings. The van der Waals surface area contributed by atoms with Crippen LogP contribution >= 0.6 is 12.2 Å². The molecule has 0 aliphatic carbocycles. The molecule has 5 heteroatoms. The lowest BCUT2D eigenvalue weighted by atomic mass is 10.1. The Balaban J connectivity index is 0.000000254. The highest BCUT2D eigenvalue weighted by atomic mass is 32.1. The van der Waals surface area contributed by atoms with Crippen LogP contribution in [0.1, 0.15) is 5.56 Å². The van der Waals surface area contributed by atoms with Gasteiger partial charge in [-0.15, -0.1) is 0 Å². The van der Waals surface area contributed by atoms with E-state index in [2.05, 4.69) is 29.6 Å². The summed E-state index contributed by atoms with van der Waals surface area (Å²) in [5, 5.41) is 3.75. The molecular weight excluding hydrogens is 320 g/mol. The summed E-state index contributed by atoms with van der Waals surface area (Å²) in [4.78, 5) is 2.04. The fourth-order valence-corrected chi connectivity index (χ4v) is 2.04. The molecule has 0 saturated carbocycles. The molecular formula is C19H26N2O2S. The highest BCUT2D eigenvalue weighted by Gasteiger charge is 2.01. The van der Waals surface area contributed by atoms with E-state index in [0.717, 1.165) is 29.6 Å². The maximum atomic E-state index is 5.11. The predicted octanol–water partition coefficient (Wildman–Crippen LogP) is 3.37. The lowest BCUT2D eigenvalue weighted by Crippen LogP contribution is -2.35. The van der Waals surface area contributed by atoms with Crippen molar-refractivity contribution in [1.82, 2.24) is 10.2 Å². The minimum atomic E-state index is 0.793. The van der Waals surface area contributed by atoms with E-state index < -0.39 is 0 Å². The molecule has 0 amide bonds. The van der Waals surface area contributed by atoms with Crippen molar-refractivity contribution in [3.8, 4) is 11.5 Å². The van der Waals surface area contributed by atoms with Crippen LogP contribution in [0.5, 0.6) is 11.5 Å². The van der Waals surface area contributed by atoms with Crippen molar-refractivity contribution in [3.05, 3.63) is 60.2 Å². The summed E-state index contributed by atoms with van der Waals surface area (Å²) in [6, 6.07) is 17.9. The number of thiocarbonyl (C=S) groups is 1. The van der Waals surface area contributed by atoms with Crippen LogP contribution in [0.3, 0.4) is 0 Å². The van der Waals surface area contributed by atoms with E-state index in [-0.39, 0.29) is 0 Å². The fourth-order valence-electron chi connectivity index (χ4n) is 1.95. The first-order valence-corrected chi connectivity index (χ1v) is 8.16. The van der Waals surface area contributed by atoms with Crippen molar-refractivity contribution in [3.63, 3.8) is 0 Å². The summed E-state index contributed by atoms with van der Waals surface area (Å²) < 4.78 is 9.92. The Morgan fingerprint density at radius 3 is 1.88 bits per heavy atom. The number of benzene rings is 2. The molecule has 2 rings (SSSR count). The van der Waals surface area contributed by atoms with Crippen LogP contribution in [0.2, 0.25) is 0 Å². The molecule has 0 unspecified atom stereocenters. The van der Waals surface area contributed by atoms with Crippen molar-refractivity contribution in [2.45, 2.75) is 6.42 Å². The van der Waals surface area contributed by atoms with E-state index in [1.165, 1.54) is 5.56 Å². The molecule has 2 aromatic carbocycles. The monoisotopic (exact) mass is 346 g/mol. The maximum Gasteiger partial charge on any atom is 0.168 e. The van der Waals surface area contributed by atoms with Crippen LogP contribution in [-0.2, 0) is 6.42 Å². The predicted molar refractivity (Wildman–Crippen MR) is 104 cm³/mol. The Morgan fingerprint density at radius 2 is 1.46 bits per heavy atom. The van der Waals surface area contributed by atoms with Crippen LogP contribution < -0.4 is 14.8 Å². The van der Waals surface area contributed by atoms with Crippen molar-refractivity contribution in [1.29, 1.82) is 0 Å². The number of nitrogens with zero attached hydrogens (tertiary/aromatic N) is 1. The minimum absolute atomic E-state index is 0.793. The fraction of sp³-hybridized carbons (Fsp3) is 0.316. The molecule has 1 N–H and O–H groups in total. The molecule has 0 aromatic heterocycles. The van der Waals surface area contributed by atoms with Crippen LogP contribution in [-0.4, -0.2) is 44.9 Å². The molecule has 4 nitrogen and oxygen atoms in total. The van der Waals surface area contributed by atoms with Gasteiger partial charge in [-0.25, -0.2) is 0 Å². The molecule has 0 fully saturated rings. The summed E-state index contributed by atoms with van der Waals surface area (Å²) in [6.45, 7) is 0.948. The van der Waals surface area contributed by atoms with Gasteiger partial charge in [-0.1, -0.05) is 30.3 Å². The summed E-state index contributed by atoms with van der Waals surface area (Å²) in [5.41, 5.74) is 1.35. The molecule has 0 heterocycles. The van der Waals surface area contributed by atoms with E-state index in [4.69, 9.17) is 21.7 Å². The average molecular weight is 346 g/mol. The zero-order valence-electron chi connectivity index (χ0n) is 14.8. The van der Waals surface area contributed by atoms with Crippen molar-refractivity contribution in [2.75, 3.05) is 34.9 Å². The highest BCUT2D eigenvalue weighted by Crippen LogP contribution is 2.15. The van der Waals surface area contributed by atoms with Gasteiger partial charge < -0.3 is 19.7 Å². The zero-order chi connectivity index (χ0) is 17.8. The van der Waals surface area contributed by atoms with E-state index in [1.54, 1.807) is 14.2 Å². The van der Waals surface area contributed by atoms with Crippen LogP contribution in [0.25, 0.3) is 0 Å². The van der Waals surface area contributed by atoms with E-state index in [0.29, 0.717) is 0 Å². The third kappa shape index (κ3) is 7.33. The molecule has 0 atom stereocenters. The zero-order valence-corrected chi connectivity index (χ0v) is 15.6. The molecule has 0 aliphatic rings. The smallest absolute Gasteiger partial charge is 0.168 e. The second-order valence-electron chi connectivity index (χ2n) is 5.09. The maximum absolute atomic E-state index is 5.11. The molecule has 0 bridgehead atoms. The molecule has 0 aliphatic heterocycles.